The van der Waals surface area contributed by atoms with Gasteiger partial charge in [-0.3, -0.25) is 14.4 Å². The van der Waals surface area contributed by atoms with Gasteiger partial charge in [0.25, 0.3) is 0 Å². The SMILES string of the molecule is CC/C=C\C/C=C\C/C=C\C/C=C\CCC(=O)OC(COC(=O)CCCCC/C=C\C/C=C\C/C=C\CC)COC(=O)CCCCCCCCCCCCCCCCCCCCCCCCCCCCCCCC. The van der Waals surface area contributed by atoms with Crippen LogP contribution in [0.4, 0.5) is 0 Å². The topological polar surface area (TPSA) is 78.9 Å². The van der Waals surface area contributed by atoms with Crippen LogP contribution >= 0.6 is 0 Å². The van der Waals surface area contributed by atoms with Crippen LogP contribution in [0.1, 0.15) is 310 Å². The molecule has 6 heteroatoms. The Labute approximate surface area is 458 Å². The van der Waals surface area contributed by atoms with Gasteiger partial charge in [-0.1, -0.05) is 298 Å². The lowest BCUT2D eigenvalue weighted by Crippen LogP contribution is -2.30. The van der Waals surface area contributed by atoms with E-state index in [-0.39, 0.29) is 31.6 Å². The van der Waals surface area contributed by atoms with Gasteiger partial charge < -0.3 is 14.2 Å². The van der Waals surface area contributed by atoms with E-state index < -0.39 is 12.1 Å². The molecule has 0 saturated heterocycles. The molecule has 0 spiro atoms. The Morgan fingerprint density at radius 2 is 0.554 bits per heavy atom. The average Bonchev–Trinajstić information content (AvgIpc) is 3.40. The van der Waals surface area contributed by atoms with Gasteiger partial charge in [-0.05, 0) is 77.0 Å². The Bertz CT molecular complexity index is 1420. The van der Waals surface area contributed by atoms with Crippen LogP contribution in [0.2, 0.25) is 0 Å². The first-order valence-corrected chi connectivity index (χ1v) is 31.6. The highest BCUT2D eigenvalue weighted by Crippen LogP contribution is 2.17. The van der Waals surface area contributed by atoms with Gasteiger partial charge in [0.1, 0.15) is 13.2 Å². The summed E-state index contributed by atoms with van der Waals surface area (Å²) < 4.78 is 16.8. The van der Waals surface area contributed by atoms with E-state index in [1.807, 2.05) is 12.2 Å². The van der Waals surface area contributed by atoms with Crippen molar-refractivity contribution in [2.75, 3.05) is 13.2 Å². The molecule has 0 saturated carbocycles. The second kappa shape index (κ2) is 62.1. The molecule has 0 heterocycles. The predicted octanol–water partition coefficient (Wildman–Crippen LogP) is 21.5. The number of hydrogen-bond acceptors (Lipinski definition) is 6. The third-order valence-corrected chi connectivity index (χ3v) is 13.7. The summed E-state index contributed by atoms with van der Waals surface area (Å²) in [5.41, 5.74) is 0. The Kier molecular flexibility index (Phi) is 59.3. The highest BCUT2D eigenvalue weighted by molar-refractivity contribution is 5.71. The molecule has 0 aromatic rings. The Hall–Kier alpha value is -3.41. The van der Waals surface area contributed by atoms with Gasteiger partial charge >= 0.3 is 17.9 Å². The van der Waals surface area contributed by atoms with Crippen LogP contribution in [0.15, 0.2) is 85.1 Å². The number of carbonyl (C=O) groups is 3. The summed E-state index contributed by atoms with van der Waals surface area (Å²) in [6.45, 7) is 6.35. The van der Waals surface area contributed by atoms with Gasteiger partial charge in [0.15, 0.2) is 6.10 Å². The maximum Gasteiger partial charge on any atom is 0.306 e. The van der Waals surface area contributed by atoms with Crippen molar-refractivity contribution in [2.45, 2.75) is 316 Å². The summed E-state index contributed by atoms with van der Waals surface area (Å²) in [4.78, 5) is 38.1. The van der Waals surface area contributed by atoms with E-state index in [9.17, 15) is 14.4 Å². The lowest BCUT2D eigenvalue weighted by molar-refractivity contribution is -0.166. The Morgan fingerprint density at radius 3 is 0.878 bits per heavy atom. The summed E-state index contributed by atoms with van der Waals surface area (Å²) in [6, 6.07) is 0. The van der Waals surface area contributed by atoms with Crippen molar-refractivity contribution in [3.8, 4) is 0 Å². The molecule has 0 aliphatic heterocycles. The van der Waals surface area contributed by atoms with Crippen molar-refractivity contribution in [1.29, 1.82) is 0 Å². The van der Waals surface area contributed by atoms with E-state index in [1.54, 1.807) is 0 Å². The monoisotopic (exact) mass is 1030 g/mol. The van der Waals surface area contributed by atoms with Crippen molar-refractivity contribution in [3.05, 3.63) is 85.1 Å². The lowest BCUT2D eigenvalue weighted by Gasteiger charge is -2.18. The van der Waals surface area contributed by atoms with Gasteiger partial charge in [0, 0.05) is 19.3 Å². The number of unbranched alkanes of at least 4 members (excludes halogenated alkanes) is 32. The molecule has 1 unspecified atom stereocenters. The van der Waals surface area contributed by atoms with E-state index in [0.29, 0.717) is 19.3 Å². The number of allylic oxidation sites excluding steroid dienone is 14. The maximum absolute atomic E-state index is 12.8. The molecule has 0 radical (unpaired) electrons. The summed E-state index contributed by atoms with van der Waals surface area (Å²) in [5.74, 6) is -1.02. The summed E-state index contributed by atoms with van der Waals surface area (Å²) in [5, 5.41) is 0. The van der Waals surface area contributed by atoms with E-state index in [2.05, 4.69) is 93.7 Å². The van der Waals surface area contributed by atoms with Crippen LogP contribution in [0.25, 0.3) is 0 Å². The second-order valence-electron chi connectivity index (χ2n) is 20.9. The van der Waals surface area contributed by atoms with Crippen molar-refractivity contribution in [3.63, 3.8) is 0 Å². The first-order chi connectivity index (χ1) is 36.5. The zero-order chi connectivity index (χ0) is 53.6. The molecule has 0 aromatic carbocycles. The molecule has 6 nitrogen and oxygen atoms in total. The number of esters is 3. The highest BCUT2D eigenvalue weighted by atomic mass is 16.6. The molecule has 0 amide bonds. The Morgan fingerprint density at radius 1 is 0.284 bits per heavy atom. The number of ether oxygens (including phenoxy) is 3. The fourth-order valence-corrected chi connectivity index (χ4v) is 9.00. The minimum atomic E-state index is -0.826. The lowest BCUT2D eigenvalue weighted by atomic mass is 10.0. The minimum Gasteiger partial charge on any atom is -0.462 e. The maximum atomic E-state index is 12.8. The van der Waals surface area contributed by atoms with Crippen molar-refractivity contribution >= 4 is 17.9 Å². The fraction of sp³-hybridized carbons (Fsp3) is 0.750. The molecule has 74 heavy (non-hydrogen) atoms. The largest absolute Gasteiger partial charge is 0.462 e. The zero-order valence-electron chi connectivity index (χ0n) is 48.8. The number of rotatable bonds is 57. The zero-order valence-corrected chi connectivity index (χ0v) is 48.8. The van der Waals surface area contributed by atoms with Gasteiger partial charge in [0.2, 0.25) is 0 Å². The van der Waals surface area contributed by atoms with Crippen molar-refractivity contribution in [2.24, 2.45) is 0 Å². The number of carbonyl (C=O) groups excluding carboxylic acids is 3. The molecule has 0 bridgehead atoms. The Balaban J connectivity index is 4.17. The average molecular weight is 1030 g/mol. The van der Waals surface area contributed by atoms with Crippen LogP contribution in [-0.4, -0.2) is 37.2 Å². The molecule has 0 aromatic heterocycles. The molecule has 0 fully saturated rings. The normalized spacial score (nSPS) is 12.6. The summed E-state index contributed by atoms with van der Waals surface area (Å²) >= 11 is 0. The third kappa shape index (κ3) is 59.5. The van der Waals surface area contributed by atoms with Crippen molar-refractivity contribution < 1.29 is 28.6 Å². The first kappa shape index (κ1) is 70.6. The molecule has 1 atom stereocenters. The van der Waals surface area contributed by atoms with E-state index in [4.69, 9.17) is 14.2 Å². The van der Waals surface area contributed by atoms with Crippen LogP contribution in [0.3, 0.4) is 0 Å². The van der Waals surface area contributed by atoms with E-state index >= 15 is 0 Å². The predicted molar refractivity (Wildman–Crippen MR) is 321 cm³/mol. The smallest absolute Gasteiger partial charge is 0.306 e. The highest BCUT2D eigenvalue weighted by Gasteiger charge is 2.19. The number of hydrogen-bond donors (Lipinski definition) is 0. The standard InChI is InChI=1S/C68H118O6/c1-4-7-10-13-16-19-22-25-26-27-28-29-30-31-32-33-34-35-36-37-38-39-40-41-44-46-49-52-55-58-61-67(70)73-64-65(74-68(71)62-59-56-53-50-47-43-24-21-18-15-12-9-6-3)63-72-66(69)60-57-54-51-48-45-42-23-20-17-14-11-8-5-2/h8-9,11-12,17-18,20-21,42-43,45,47,53,56,65H,4-7,10,13-16,19,22-41,44,46,48-52,54-55,57-64H2,1-3H3/b11-8-,12-9-,20-17-,21-18-,45-42-,47-43-,56-53-. The van der Waals surface area contributed by atoms with Crippen molar-refractivity contribution in [1.82, 2.24) is 0 Å². The van der Waals surface area contributed by atoms with Crippen LogP contribution in [0, 0.1) is 0 Å². The quantitative estimate of drug-likeness (QED) is 0.0261. The van der Waals surface area contributed by atoms with Crippen LogP contribution in [0.5, 0.6) is 0 Å². The third-order valence-electron chi connectivity index (χ3n) is 13.7. The first-order valence-electron chi connectivity index (χ1n) is 31.6. The molecular formula is C68H118O6. The molecule has 0 aliphatic rings. The van der Waals surface area contributed by atoms with E-state index in [0.717, 1.165) is 89.9 Å². The summed E-state index contributed by atoms with van der Waals surface area (Å²) in [7, 11) is 0. The van der Waals surface area contributed by atoms with Crippen LogP contribution in [-0.2, 0) is 28.6 Å². The molecule has 0 rings (SSSR count). The fourth-order valence-electron chi connectivity index (χ4n) is 9.00. The van der Waals surface area contributed by atoms with Gasteiger partial charge in [-0.25, -0.2) is 0 Å². The van der Waals surface area contributed by atoms with E-state index in [1.165, 1.54) is 173 Å². The summed E-state index contributed by atoms with van der Waals surface area (Å²) in [6.07, 6.45) is 82.2. The molecule has 0 N–H and O–H groups in total. The second-order valence-corrected chi connectivity index (χ2v) is 20.9. The minimum absolute atomic E-state index is 0.113. The molecular weight excluding hydrogens is 913 g/mol. The van der Waals surface area contributed by atoms with Gasteiger partial charge in [-0.15, -0.1) is 0 Å². The van der Waals surface area contributed by atoms with Gasteiger partial charge in [-0.2, -0.15) is 0 Å². The molecule has 0 aliphatic carbocycles. The molecule has 426 valence electrons. The van der Waals surface area contributed by atoms with Crippen LogP contribution < -0.4 is 0 Å². The van der Waals surface area contributed by atoms with Gasteiger partial charge in [0.05, 0.1) is 0 Å².